The Labute approximate surface area is 67.2 Å². The molecule has 0 nitrogen and oxygen atoms in total. The molecule has 11 heavy (non-hydrogen) atoms. The van der Waals surface area contributed by atoms with Gasteiger partial charge in [0.2, 0.25) is 0 Å². The maximum atomic E-state index is 12.9. The van der Waals surface area contributed by atoms with E-state index in [0.717, 1.165) is 5.56 Å². The van der Waals surface area contributed by atoms with E-state index in [1.54, 1.807) is 18.2 Å². The molecule has 0 aliphatic heterocycles. The van der Waals surface area contributed by atoms with Crippen molar-refractivity contribution < 1.29 is 4.39 Å². The molecule has 0 aliphatic carbocycles. The van der Waals surface area contributed by atoms with Crippen LogP contribution in [0.3, 0.4) is 0 Å². The molecule has 0 fully saturated rings. The molecule has 54 valence electrons. The fraction of sp³-hybridized carbons (Fsp3) is 0.111. The molecular formula is C9H8BF. The Morgan fingerprint density at radius 3 is 2.73 bits per heavy atom. The standard InChI is InChI=1S/C9H8BF/c1-2-7-3-4-8(6-10)9(11)5-7/h2-5H,1,6H2. The monoisotopic (exact) mass is 146 g/mol. The normalized spacial score (nSPS) is 9.55. The van der Waals surface area contributed by atoms with Crippen LogP contribution in [0.4, 0.5) is 4.39 Å². The third kappa shape index (κ3) is 1.70. The second-order valence-corrected chi connectivity index (χ2v) is 2.26. The van der Waals surface area contributed by atoms with E-state index in [4.69, 9.17) is 7.85 Å². The Bertz CT molecular complexity index is 268. The molecule has 2 radical (unpaired) electrons. The van der Waals surface area contributed by atoms with Crippen LogP contribution >= 0.6 is 0 Å². The Hall–Kier alpha value is -1.05. The molecule has 1 aromatic carbocycles. The first-order valence-corrected chi connectivity index (χ1v) is 3.39. The van der Waals surface area contributed by atoms with Crippen LogP contribution in [0.5, 0.6) is 0 Å². The number of benzene rings is 1. The molecule has 0 bridgehead atoms. The Morgan fingerprint density at radius 2 is 2.27 bits per heavy atom. The minimum Gasteiger partial charge on any atom is -0.207 e. The van der Waals surface area contributed by atoms with E-state index < -0.39 is 0 Å². The minimum atomic E-state index is -0.259. The van der Waals surface area contributed by atoms with Gasteiger partial charge in [-0.25, -0.2) is 4.39 Å². The molecule has 0 saturated heterocycles. The average molecular weight is 146 g/mol. The summed E-state index contributed by atoms with van der Waals surface area (Å²) >= 11 is 0. The number of rotatable bonds is 2. The van der Waals surface area contributed by atoms with Crippen LogP contribution in [-0.2, 0) is 6.32 Å². The molecule has 2 heteroatoms. The van der Waals surface area contributed by atoms with Crippen molar-refractivity contribution in [2.45, 2.75) is 6.32 Å². The van der Waals surface area contributed by atoms with Crippen molar-refractivity contribution in [3.05, 3.63) is 41.7 Å². The van der Waals surface area contributed by atoms with Gasteiger partial charge in [-0.2, -0.15) is 0 Å². The van der Waals surface area contributed by atoms with Gasteiger partial charge in [0, 0.05) is 0 Å². The van der Waals surface area contributed by atoms with Gasteiger partial charge in [-0.3, -0.25) is 0 Å². The third-order valence-electron chi connectivity index (χ3n) is 1.53. The van der Waals surface area contributed by atoms with Crippen molar-refractivity contribution in [1.29, 1.82) is 0 Å². The van der Waals surface area contributed by atoms with Crippen LogP contribution in [0.15, 0.2) is 24.8 Å². The summed E-state index contributed by atoms with van der Waals surface area (Å²) in [5, 5.41) is 0. The summed E-state index contributed by atoms with van der Waals surface area (Å²) in [5.41, 5.74) is 1.32. The van der Waals surface area contributed by atoms with Crippen molar-refractivity contribution in [3.8, 4) is 0 Å². The summed E-state index contributed by atoms with van der Waals surface area (Å²) < 4.78 is 12.9. The minimum absolute atomic E-state index is 0.239. The first-order valence-electron chi connectivity index (χ1n) is 3.39. The molecular weight excluding hydrogens is 138 g/mol. The van der Waals surface area contributed by atoms with E-state index in [2.05, 4.69) is 6.58 Å². The van der Waals surface area contributed by atoms with Crippen molar-refractivity contribution in [3.63, 3.8) is 0 Å². The van der Waals surface area contributed by atoms with Gasteiger partial charge in [0.15, 0.2) is 0 Å². The smallest absolute Gasteiger partial charge is 0.126 e. The second-order valence-electron chi connectivity index (χ2n) is 2.26. The lowest BCUT2D eigenvalue weighted by atomic mass is 9.96. The second kappa shape index (κ2) is 3.38. The van der Waals surface area contributed by atoms with Gasteiger partial charge in [-0.1, -0.05) is 31.1 Å². The van der Waals surface area contributed by atoms with Crippen LogP contribution in [-0.4, -0.2) is 7.85 Å². The summed E-state index contributed by atoms with van der Waals surface area (Å²) in [6.07, 6.45) is 1.84. The highest BCUT2D eigenvalue weighted by molar-refractivity contribution is 6.08. The number of hydrogen-bond donors (Lipinski definition) is 0. The van der Waals surface area contributed by atoms with Crippen LogP contribution in [0, 0.1) is 5.82 Å². The number of halogens is 1. The lowest BCUT2D eigenvalue weighted by Gasteiger charge is -1.99. The van der Waals surface area contributed by atoms with Gasteiger partial charge in [0.05, 0.1) is 7.85 Å². The summed E-state index contributed by atoms with van der Waals surface area (Å²) in [6, 6.07) is 4.89. The number of hydrogen-bond acceptors (Lipinski definition) is 0. The fourth-order valence-electron chi connectivity index (χ4n) is 0.856. The van der Waals surface area contributed by atoms with Gasteiger partial charge in [-0.05, 0) is 17.2 Å². The molecule has 0 aromatic heterocycles. The molecule has 0 heterocycles. The highest BCUT2D eigenvalue weighted by atomic mass is 19.1. The Kier molecular flexibility index (Phi) is 2.47. The van der Waals surface area contributed by atoms with E-state index in [1.807, 2.05) is 0 Å². The van der Waals surface area contributed by atoms with Crippen LogP contribution in [0.1, 0.15) is 11.1 Å². The molecule has 0 amide bonds. The van der Waals surface area contributed by atoms with Gasteiger partial charge < -0.3 is 0 Å². The van der Waals surface area contributed by atoms with E-state index in [1.165, 1.54) is 6.07 Å². The van der Waals surface area contributed by atoms with Gasteiger partial charge >= 0.3 is 0 Å². The van der Waals surface area contributed by atoms with Crippen molar-refractivity contribution >= 4 is 13.9 Å². The highest BCUT2D eigenvalue weighted by Gasteiger charge is 1.98. The molecule has 0 N–H and O–H groups in total. The Balaban J connectivity index is 3.09. The quantitative estimate of drug-likeness (QED) is 0.560. The predicted octanol–water partition coefficient (Wildman–Crippen LogP) is 2.14. The average Bonchev–Trinajstić information content (AvgIpc) is 2.04. The van der Waals surface area contributed by atoms with Gasteiger partial charge in [0.1, 0.15) is 5.82 Å². The van der Waals surface area contributed by atoms with E-state index in [-0.39, 0.29) is 12.1 Å². The summed E-state index contributed by atoms with van der Waals surface area (Å²) in [6.45, 7) is 3.53. The van der Waals surface area contributed by atoms with Gasteiger partial charge in [-0.15, -0.1) is 0 Å². The summed E-state index contributed by atoms with van der Waals surface area (Å²) in [7, 11) is 5.28. The maximum absolute atomic E-state index is 12.9. The largest absolute Gasteiger partial charge is 0.207 e. The van der Waals surface area contributed by atoms with Crippen molar-refractivity contribution in [2.24, 2.45) is 0 Å². The van der Waals surface area contributed by atoms with E-state index in [9.17, 15) is 4.39 Å². The van der Waals surface area contributed by atoms with E-state index in [0.29, 0.717) is 5.56 Å². The molecule has 1 aromatic rings. The Morgan fingerprint density at radius 1 is 1.55 bits per heavy atom. The SMILES string of the molecule is [B]Cc1ccc(C=C)cc1F. The van der Waals surface area contributed by atoms with Crippen LogP contribution in [0.2, 0.25) is 0 Å². The predicted molar refractivity (Wildman–Crippen MR) is 45.9 cm³/mol. The molecule has 0 saturated carbocycles. The summed E-state index contributed by atoms with van der Waals surface area (Å²) in [5.74, 6) is -0.259. The molecule has 1 rings (SSSR count). The van der Waals surface area contributed by atoms with Crippen molar-refractivity contribution in [2.75, 3.05) is 0 Å². The summed E-state index contributed by atoms with van der Waals surface area (Å²) in [4.78, 5) is 0. The highest BCUT2D eigenvalue weighted by Crippen LogP contribution is 2.10. The first-order chi connectivity index (χ1) is 5.27. The van der Waals surface area contributed by atoms with Crippen LogP contribution in [0.25, 0.3) is 6.08 Å². The first kappa shape index (κ1) is 8.06. The zero-order valence-electron chi connectivity index (χ0n) is 6.18. The zero-order chi connectivity index (χ0) is 8.27. The van der Waals surface area contributed by atoms with E-state index >= 15 is 0 Å². The lowest BCUT2D eigenvalue weighted by Crippen LogP contribution is -1.89. The zero-order valence-corrected chi connectivity index (χ0v) is 6.18. The lowest BCUT2D eigenvalue weighted by molar-refractivity contribution is 0.616. The van der Waals surface area contributed by atoms with Crippen LogP contribution < -0.4 is 0 Å². The molecule has 0 unspecified atom stereocenters. The topological polar surface area (TPSA) is 0 Å². The molecule has 0 atom stereocenters. The third-order valence-corrected chi connectivity index (χ3v) is 1.53. The molecule has 0 aliphatic rings. The van der Waals surface area contributed by atoms with Crippen molar-refractivity contribution in [1.82, 2.24) is 0 Å². The molecule has 0 spiro atoms. The maximum Gasteiger partial charge on any atom is 0.126 e. The van der Waals surface area contributed by atoms with Gasteiger partial charge in [0.25, 0.3) is 0 Å². The fourth-order valence-corrected chi connectivity index (χ4v) is 0.856.